The minimum absolute atomic E-state index is 0. The highest BCUT2D eigenvalue weighted by Crippen LogP contribution is 2.25. The van der Waals surface area contributed by atoms with Gasteiger partial charge in [0.1, 0.15) is 5.75 Å². The molecule has 1 aliphatic heterocycles. The Hall–Kier alpha value is -0.540. The van der Waals surface area contributed by atoms with Gasteiger partial charge in [-0.05, 0) is 53.4 Å². The minimum atomic E-state index is 0. The van der Waals surface area contributed by atoms with Crippen LogP contribution < -0.4 is 10.1 Å². The van der Waals surface area contributed by atoms with Gasteiger partial charge in [-0.25, -0.2) is 0 Å². The summed E-state index contributed by atoms with van der Waals surface area (Å²) in [6, 6.07) is 6.10. The summed E-state index contributed by atoms with van der Waals surface area (Å²) in [5, 5.41) is 3.44. The Balaban J connectivity index is 0.00000288. The molecule has 1 aromatic rings. The average molecular weight is 512 g/mol. The quantitative estimate of drug-likeness (QED) is 0.372. The highest BCUT2D eigenvalue weighted by Gasteiger charge is 2.21. The van der Waals surface area contributed by atoms with Crippen molar-refractivity contribution in [1.29, 1.82) is 0 Å². The molecule has 0 aliphatic carbocycles. The molecule has 0 unspecified atom stereocenters. The van der Waals surface area contributed by atoms with E-state index in [1.165, 1.54) is 5.56 Å². The van der Waals surface area contributed by atoms with E-state index in [1.807, 2.05) is 13.1 Å². The molecule has 1 aliphatic rings. The fourth-order valence-electron chi connectivity index (χ4n) is 2.80. The second-order valence-corrected chi connectivity index (χ2v) is 6.37. The van der Waals surface area contributed by atoms with Gasteiger partial charge < -0.3 is 19.7 Å². The molecule has 0 bridgehead atoms. The van der Waals surface area contributed by atoms with Gasteiger partial charge in [0.25, 0.3) is 0 Å². The zero-order valence-electron chi connectivity index (χ0n) is 14.5. The molecule has 1 N–H and O–H groups in total. The number of hydrogen-bond acceptors (Lipinski definition) is 3. The van der Waals surface area contributed by atoms with Crippen molar-refractivity contribution in [3.05, 3.63) is 28.2 Å². The molecule has 7 heteroatoms. The normalized spacial score (nSPS) is 15.8. The number of methoxy groups -OCH3 is 1. The summed E-state index contributed by atoms with van der Waals surface area (Å²) in [6.07, 6.45) is 2.51. The smallest absolute Gasteiger partial charge is 0.193 e. The lowest BCUT2D eigenvalue weighted by molar-refractivity contribution is 0.0263. The van der Waals surface area contributed by atoms with Crippen molar-refractivity contribution < 1.29 is 9.47 Å². The molecule has 1 aromatic carbocycles. The summed E-state index contributed by atoms with van der Waals surface area (Å²) < 4.78 is 11.9. The molecule has 0 amide bonds. The second-order valence-electron chi connectivity index (χ2n) is 5.51. The molecule has 0 radical (unpaired) electrons. The first-order valence-corrected chi connectivity index (χ1v) is 8.86. The van der Waals surface area contributed by atoms with Gasteiger partial charge in [-0.3, -0.25) is 4.99 Å². The van der Waals surface area contributed by atoms with Crippen LogP contribution in [0.2, 0.25) is 0 Å². The first kappa shape index (κ1) is 21.5. The Bertz CT molecular complexity index is 535. The van der Waals surface area contributed by atoms with Gasteiger partial charge in [0.05, 0.1) is 17.7 Å². The van der Waals surface area contributed by atoms with Crippen LogP contribution in [0.5, 0.6) is 5.75 Å². The van der Waals surface area contributed by atoms with E-state index in [2.05, 4.69) is 50.2 Å². The third kappa shape index (κ3) is 6.07. The minimum Gasteiger partial charge on any atom is -0.496 e. The van der Waals surface area contributed by atoms with Crippen molar-refractivity contribution >= 4 is 45.9 Å². The average Bonchev–Trinajstić information content (AvgIpc) is 2.57. The largest absolute Gasteiger partial charge is 0.496 e. The molecule has 0 atom stereocenters. The van der Waals surface area contributed by atoms with E-state index >= 15 is 0 Å². The number of benzene rings is 1. The van der Waals surface area contributed by atoms with E-state index < -0.39 is 0 Å². The number of halogens is 2. The van der Waals surface area contributed by atoms with Crippen LogP contribution in [0.3, 0.4) is 0 Å². The van der Waals surface area contributed by atoms with Crippen LogP contribution in [0.1, 0.15) is 25.3 Å². The first-order chi connectivity index (χ1) is 11.2. The van der Waals surface area contributed by atoms with E-state index in [4.69, 9.17) is 9.47 Å². The number of likely N-dealkylation sites (tertiary alicyclic amines) is 1. The van der Waals surface area contributed by atoms with Crippen molar-refractivity contribution in [2.24, 2.45) is 4.99 Å². The van der Waals surface area contributed by atoms with Crippen LogP contribution in [0.4, 0.5) is 0 Å². The molecule has 1 fully saturated rings. The highest BCUT2D eigenvalue weighted by molar-refractivity contribution is 14.0. The third-order valence-corrected chi connectivity index (χ3v) is 4.64. The number of nitrogens with one attached hydrogen (secondary N) is 1. The number of aliphatic imine (C=N–C) groups is 1. The van der Waals surface area contributed by atoms with Gasteiger partial charge in [0.15, 0.2) is 5.96 Å². The van der Waals surface area contributed by atoms with E-state index in [9.17, 15) is 0 Å². The Kier molecular flexibility index (Phi) is 9.99. The predicted octanol–water partition coefficient (Wildman–Crippen LogP) is 3.65. The maximum atomic E-state index is 5.70. The summed E-state index contributed by atoms with van der Waals surface area (Å²) >= 11 is 3.52. The Morgan fingerprint density at radius 2 is 2.08 bits per heavy atom. The fourth-order valence-corrected chi connectivity index (χ4v) is 3.39. The van der Waals surface area contributed by atoms with Crippen molar-refractivity contribution in [2.45, 2.75) is 32.4 Å². The van der Waals surface area contributed by atoms with Gasteiger partial charge >= 0.3 is 0 Å². The Morgan fingerprint density at radius 3 is 2.62 bits per heavy atom. The van der Waals surface area contributed by atoms with Gasteiger partial charge in [-0.15, -0.1) is 24.0 Å². The van der Waals surface area contributed by atoms with Crippen molar-refractivity contribution in [1.82, 2.24) is 10.2 Å². The van der Waals surface area contributed by atoms with Crippen LogP contribution in [-0.4, -0.2) is 50.8 Å². The number of piperidine rings is 1. The Morgan fingerprint density at radius 1 is 1.38 bits per heavy atom. The molecule has 1 heterocycles. The lowest BCUT2D eigenvalue weighted by Crippen LogP contribution is -2.46. The van der Waals surface area contributed by atoms with E-state index in [-0.39, 0.29) is 24.0 Å². The molecule has 0 spiro atoms. The van der Waals surface area contributed by atoms with Crippen LogP contribution in [0.15, 0.2) is 27.7 Å². The number of hydrogen-bond donors (Lipinski definition) is 1. The van der Waals surface area contributed by atoms with E-state index in [0.29, 0.717) is 6.10 Å². The predicted molar refractivity (Wildman–Crippen MR) is 113 cm³/mol. The standard InChI is InChI=1S/C17H26BrN3O2.HI/c1-4-23-14-7-9-21(10-8-14)17(19-2)20-12-13-5-6-16(22-3)15(18)11-13;/h5-6,11,14H,4,7-10,12H2,1-3H3,(H,19,20);1H. The zero-order valence-corrected chi connectivity index (χ0v) is 18.5. The summed E-state index contributed by atoms with van der Waals surface area (Å²) in [4.78, 5) is 6.71. The molecule has 136 valence electrons. The number of guanidine groups is 1. The molecular formula is C17H27BrIN3O2. The molecule has 1 saturated heterocycles. The first-order valence-electron chi connectivity index (χ1n) is 8.07. The van der Waals surface area contributed by atoms with Crippen LogP contribution in [0, 0.1) is 0 Å². The van der Waals surface area contributed by atoms with Gasteiger partial charge in [0, 0.05) is 33.3 Å². The number of rotatable bonds is 5. The topological polar surface area (TPSA) is 46.1 Å². The lowest BCUT2D eigenvalue weighted by atomic mass is 10.1. The number of nitrogens with zero attached hydrogens (tertiary/aromatic N) is 2. The Labute approximate surface area is 170 Å². The van der Waals surface area contributed by atoms with Crippen molar-refractivity contribution in [2.75, 3.05) is 33.9 Å². The molecule has 2 rings (SSSR count). The fraction of sp³-hybridized carbons (Fsp3) is 0.588. The van der Waals surface area contributed by atoms with E-state index in [1.54, 1.807) is 7.11 Å². The third-order valence-electron chi connectivity index (χ3n) is 4.02. The SMILES string of the molecule is CCOC1CCN(C(=NC)NCc2ccc(OC)c(Br)c2)CC1.I. The molecule has 24 heavy (non-hydrogen) atoms. The second kappa shape index (κ2) is 11.1. The van der Waals surface area contributed by atoms with Gasteiger partial charge in [0.2, 0.25) is 0 Å². The monoisotopic (exact) mass is 511 g/mol. The summed E-state index contributed by atoms with van der Waals surface area (Å²) in [7, 11) is 3.51. The van der Waals surface area contributed by atoms with Crippen LogP contribution in [-0.2, 0) is 11.3 Å². The number of ether oxygens (including phenoxy) is 2. The van der Waals surface area contributed by atoms with Gasteiger partial charge in [-0.1, -0.05) is 6.07 Å². The molecule has 5 nitrogen and oxygen atoms in total. The van der Waals surface area contributed by atoms with E-state index in [0.717, 1.165) is 55.3 Å². The van der Waals surface area contributed by atoms with Gasteiger partial charge in [-0.2, -0.15) is 0 Å². The summed E-state index contributed by atoms with van der Waals surface area (Å²) in [5.41, 5.74) is 1.18. The zero-order chi connectivity index (χ0) is 16.7. The highest BCUT2D eigenvalue weighted by atomic mass is 127. The van der Waals surface area contributed by atoms with Crippen LogP contribution in [0.25, 0.3) is 0 Å². The molecule has 0 saturated carbocycles. The summed E-state index contributed by atoms with van der Waals surface area (Å²) in [6.45, 7) is 5.55. The maximum absolute atomic E-state index is 5.70. The van der Waals surface area contributed by atoms with Crippen molar-refractivity contribution in [3.63, 3.8) is 0 Å². The lowest BCUT2D eigenvalue weighted by Gasteiger charge is -2.34. The molecular weight excluding hydrogens is 485 g/mol. The maximum Gasteiger partial charge on any atom is 0.193 e. The summed E-state index contributed by atoms with van der Waals surface area (Å²) in [5.74, 6) is 1.79. The van der Waals surface area contributed by atoms with Crippen molar-refractivity contribution in [3.8, 4) is 5.75 Å². The van der Waals surface area contributed by atoms with Crippen LogP contribution >= 0.6 is 39.9 Å². The molecule has 0 aromatic heterocycles.